The summed E-state index contributed by atoms with van der Waals surface area (Å²) in [6, 6.07) is 0. The van der Waals surface area contributed by atoms with Crippen LogP contribution in [-0.2, 0) is 9.09 Å². The van der Waals surface area contributed by atoms with Gasteiger partial charge in [-0.25, -0.2) is 4.57 Å². The van der Waals surface area contributed by atoms with Crippen molar-refractivity contribution in [2.75, 3.05) is 0 Å². The van der Waals surface area contributed by atoms with Crippen molar-refractivity contribution in [1.82, 2.24) is 0 Å². The minimum absolute atomic E-state index is 0.192. The Morgan fingerprint density at radius 2 is 1.00 bits per heavy atom. The Hall–Kier alpha value is 0.0600. The standard InChI is InChI=1S/C20H41O2P/c1-4-5-6-7-8-9-10-11-12-13-14-15-16-17-18-19-20(2,3)22-23-21/h4-19H2,1-3H3. The summed E-state index contributed by atoms with van der Waals surface area (Å²) < 4.78 is 15.6. The highest BCUT2D eigenvalue weighted by Gasteiger charge is 2.17. The molecule has 23 heavy (non-hydrogen) atoms. The summed E-state index contributed by atoms with van der Waals surface area (Å²) in [5.74, 6) is 0. The van der Waals surface area contributed by atoms with E-state index in [1.54, 1.807) is 0 Å². The van der Waals surface area contributed by atoms with Gasteiger partial charge in [-0.1, -0.05) is 103 Å². The summed E-state index contributed by atoms with van der Waals surface area (Å²) in [4.78, 5) is 0. The first-order valence-electron chi connectivity index (χ1n) is 10.1. The van der Waals surface area contributed by atoms with Crippen LogP contribution in [0.15, 0.2) is 0 Å². The average Bonchev–Trinajstić information content (AvgIpc) is 2.51. The summed E-state index contributed by atoms with van der Waals surface area (Å²) >= 11 is 0. The quantitative estimate of drug-likeness (QED) is 0.185. The second-order valence-corrected chi connectivity index (χ2v) is 7.96. The van der Waals surface area contributed by atoms with E-state index in [0.717, 1.165) is 6.42 Å². The zero-order chi connectivity index (χ0) is 17.2. The molecule has 0 spiro atoms. The fraction of sp³-hybridized carbons (Fsp3) is 1.00. The Morgan fingerprint density at radius 1 is 0.652 bits per heavy atom. The van der Waals surface area contributed by atoms with Crippen LogP contribution >= 0.6 is 8.69 Å². The molecule has 0 aromatic carbocycles. The van der Waals surface area contributed by atoms with E-state index in [4.69, 9.17) is 4.52 Å². The van der Waals surface area contributed by atoms with Gasteiger partial charge < -0.3 is 0 Å². The van der Waals surface area contributed by atoms with Crippen molar-refractivity contribution in [3.8, 4) is 0 Å². The van der Waals surface area contributed by atoms with Crippen molar-refractivity contribution >= 4 is 8.69 Å². The van der Waals surface area contributed by atoms with Gasteiger partial charge in [0.2, 0.25) is 0 Å². The van der Waals surface area contributed by atoms with Gasteiger partial charge in [-0.3, -0.25) is 4.52 Å². The summed E-state index contributed by atoms with van der Waals surface area (Å²) in [6.45, 7) is 6.31. The summed E-state index contributed by atoms with van der Waals surface area (Å²) in [5.41, 5.74) is -0.236. The minimum atomic E-state index is -0.236. The Morgan fingerprint density at radius 3 is 1.35 bits per heavy atom. The molecule has 0 aliphatic heterocycles. The molecule has 0 aromatic rings. The van der Waals surface area contributed by atoms with E-state index in [1.807, 2.05) is 13.8 Å². The normalized spacial score (nSPS) is 12.1. The van der Waals surface area contributed by atoms with Crippen molar-refractivity contribution in [1.29, 1.82) is 0 Å². The number of unbranched alkanes of at least 4 members (excludes halogenated alkanes) is 14. The van der Waals surface area contributed by atoms with Crippen molar-refractivity contribution in [3.63, 3.8) is 0 Å². The second kappa shape index (κ2) is 16.9. The summed E-state index contributed by atoms with van der Waals surface area (Å²) in [5, 5.41) is 0. The SMILES string of the molecule is CCCCCCCCCCCCCCCCCC(C)(C)OP=O. The third kappa shape index (κ3) is 18.2. The molecular formula is C20H41O2P. The van der Waals surface area contributed by atoms with Crippen LogP contribution in [0, 0.1) is 0 Å². The van der Waals surface area contributed by atoms with Crippen LogP contribution in [0.3, 0.4) is 0 Å². The zero-order valence-corrected chi connectivity index (χ0v) is 17.0. The molecule has 0 N–H and O–H groups in total. The molecule has 0 unspecified atom stereocenters. The first-order valence-corrected chi connectivity index (χ1v) is 10.9. The molecule has 0 bridgehead atoms. The minimum Gasteiger partial charge on any atom is -0.288 e. The van der Waals surface area contributed by atoms with E-state index in [9.17, 15) is 4.57 Å². The fourth-order valence-corrected chi connectivity index (χ4v) is 3.36. The van der Waals surface area contributed by atoms with E-state index in [2.05, 4.69) is 6.92 Å². The third-order valence-corrected chi connectivity index (χ3v) is 5.24. The van der Waals surface area contributed by atoms with E-state index >= 15 is 0 Å². The smallest absolute Gasteiger partial charge is 0.288 e. The summed E-state index contributed by atoms with van der Waals surface area (Å²) in [6.07, 6.45) is 21.9. The van der Waals surface area contributed by atoms with Gasteiger partial charge in [-0.05, 0) is 20.3 Å². The Bertz CT molecular complexity index is 254. The molecule has 0 amide bonds. The van der Waals surface area contributed by atoms with Crippen LogP contribution in [0.2, 0.25) is 0 Å². The number of rotatable bonds is 18. The maximum atomic E-state index is 10.5. The zero-order valence-electron chi connectivity index (χ0n) is 16.1. The highest BCUT2D eigenvalue weighted by molar-refractivity contribution is 7.17. The third-order valence-electron chi connectivity index (χ3n) is 4.67. The van der Waals surface area contributed by atoms with Crippen LogP contribution in [0.4, 0.5) is 0 Å². The van der Waals surface area contributed by atoms with Gasteiger partial charge in [0, 0.05) is 0 Å². The first kappa shape index (κ1) is 23.1. The average molecular weight is 345 g/mol. The van der Waals surface area contributed by atoms with Crippen LogP contribution in [0.5, 0.6) is 0 Å². The highest BCUT2D eigenvalue weighted by Crippen LogP contribution is 2.23. The molecule has 0 fully saturated rings. The van der Waals surface area contributed by atoms with Crippen LogP contribution in [0.25, 0.3) is 0 Å². The molecular weight excluding hydrogens is 303 g/mol. The lowest BCUT2D eigenvalue weighted by molar-refractivity contribution is 0.113. The topological polar surface area (TPSA) is 26.3 Å². The van der Waals surface area contributed by atoms with Gasteiger partial charge in [-0.15, -0.1) is 0 Å². The monoisotopic (exact) mass is 344 g/mol. The highest BCUT2D eigenvalue weighted by atomic mass is 31.1. The molecule has 0 atom stereocenters. The lowest BCUT2D eigenvalue weighted by Crippen LogP contribution is -2.19. The molecule has 0 saturated carbocycles. The van der Waals surface area contributed by atoms with E-state index in [-0.39, 0.29) is 14.3 Å². The Labute approximate surface area is 147 Å². The molecule has 0 heterocycles. The largest absolute Gasteiger partial charge is 0.327 e. The molecule has 0 aliphatic carbocycles. The molecule has 0 aliphatic rings. The predicted octanol–water partition coefficient (Wildman–Crippen LogP) is 8.25. The molecule has 0 aromatic heterocycles. The predicted molar refractivity (Wildman–Crippen MR) is 102 cm³/mol. The van der Waals surface area contributed by atoms with Crippen molar-refractivity contribution in [2.45, 2.75) is 129 Å². The fourth-order valence-electron chi connectivity index (χ4n) is 3.07. The van der Waals surface area contributed by atoms with Crippen molar-refractivity contribution in [3.05, 3.63) is 0 Å². The number of hydrogen-bond acceptors (Lipinski definition) is 2. The first-order chi connectivity index (χ1) is 11.1. The second-order valence-electron chi connectivity index (χ2n) is 7.63. The van der Waals surface area contributed by atoms with Crippen molar-refractivity contribution < 1.29 is 9.09 Å². The van der Waals surface area contributed by atoms with Crippen LogP contribution in [0.1, 0.15) is 124 Å². The maximum absolute atomic E-state index is 10.5. The molecule has 2 nitrogen and oxygen atoms in total. The Kier molecular flexibility index (Phi) is 16.9. The molecule has 0 radical (unpaired) electrons. The van der Waals surface area contributed by atoms with Gasteiger partial charge in [0.25, 0.3) is 0 Å². The van der Waals surface area contributed by atoms with Gasteiger partial charge >= 0.3 is 8.69 Å². The van der Waals surface area contributed by atoms with Gasteiger partial charge in [0.1, 0.15) is 0 Å². The van der Waals surface area contributed by atoms with Gasteiger partial charge in [0.05, 0.1) is 5.60 Å². The molecule has 0 saturated heterocycles. The van der Waals surface area contributed by atoms with Crippen LogP contribution in [-0.4, -0.2) is 5.60 Å². The molecule has 0 rings (SSSR count). The summed E-state index contributed by atoms with van der Waals surface area (Å²) in [7, 11) is -0.192. The van der Waals surface area contributed by atoms with Crippen LogP contribution < -0.4 is 0 Å². The maximum Gasteiger partial charge on any atom is 0.327 e. The van der Waals surface area contributed by atoms with Crippen molar-refractivity contribution in [2.24, 2.45) is 0 Å². The van der Waals surface area contributed by atoms with E-state index < -0.39 is 0 Å². The number of hydrogen-bond donors (Lipinski definition) is 0. The van der Waals surface area contributed by atoms with Gasteiger partial charge in [-0.2, -0.15) is 0 Å². The molecule has 3 heteroatoms. The van der Waals surface area contributed by atoms with E-state index in [1.165, 1.54) is 96.3 Å². The lowest BCUT2D eigenvalue weighted by Gasteiger charge is -2.20. The van der Waals surface area contributed by atoms with E-state index in [0.29, 0.717) is 0 Å². The molecule has 138 valence electrons. The lowest BCUT2D eigenvalue weighted by atomic mass is 9.99. The Balaban J connectivity index is 3.12. The van der Waals surface area contributed by atoms with Gasteiger partial charge in [0.15, 0.2) is 0 Å².